The number of carbonyl (C=O) groups excluding carboxylic acids is 1. The molecule has 1 saturated carbocycles. The molecule has 1 aromatic carbocycles. The van der Waals surface area contributed by atoms with Crippen LogP contribution in [0, 0.1) is 6.92 Å². The van der Waals surface area contributed by atoms with Crippen molar-refractivity contribution in [2.45, 2.75) is 45.2 Å². The van der Waals surface area contributed by atoms with Crippen LogP contribution in [0.1, 0.15) is 59.4 Å². The minimum atomic E-state index is -0.107. The second kappa shape index (κ2) is 6.55. The molecule has 0 radical (unpaired) electrons. The summed E-state index contributed by atoms with van der Waals surface area (Å²) >= 11 is 0. The van der Waals surface area contributed by atoms with E-state index in [1.54, 1.807) is 6.20 Å². The van der Waals surface area contributed by atoms with E-state index in [0.29, 0.717) is 24.6 Å². The van der Waals surface area contributed by atoms with Crippen LogP contribution in [-0.2, 0) is 6.54 Å². The topological polar surface area (TPSA) is 63.9 Å². The van der Waals surface area contributed by atoms with Crippen LogP contribution in [0.5, 0.6) is 0 Å². The summed E-state index contributed by atoms with van der Waals surface area (Å²) in [4.78, 5) is 24.7. The first-order valence-electron chi connectivity index (χ1n) is 9.90. The lowest BCUT2D eigenvalue weighted by Gasteiger charge is -2.33. The van der Waals surface area contributed by atoms with Crippen molar-refractivity contribution in [3.8, 4) is 11.1 Å². The van der Waals surface area contributed by atoms with E-state index in [4.69, 9.17) is 4.98 Å². The SMILES string of the molecule is Cc1nccc(-c2ccccc2)c1C(=O)N1CCn2nc(C3CC3)nc2[C@H]1C. The van der Waals surface area contributed by atoms with Gasteiger partial charge in [-0.2, -0.15) is 5.10 Å². The maximum absolute atomic E-state index is 13.6. The minimum Gasteiger partial charge on any atom is -0.327 e. The van der Waals surface area contributed by atoms with E-state index in [9.17, 15) is 4.79 Å². The molecule has 5 rings (SSSR count). The standard InChI is InChI=1S/C22H23N5O/c1-14-19(18(10-11-23-14)16-6-4-3-5-7-16)22(28)26-12-13-27-21(15(26)2)24-20(25-27)17-8-9-17/h3-7,10-11,15,17H,8-9,12-13H2,1-2H3/t15-/m1/s1. The number of rotatable bonds is 3. The van der Waals surface area contributed by atoms with Gasteiger partial charge in [0.2, 0.25) is 0 Å². The number of pyridine rings is 1. The molecule has 142 valence electrons. The zero-order valence-corrected chi connectivity index (χ0v) is 16.2. The Morgan fingerprint density at radius 2 is 1.89 bits per heavy atom. The summed E-state index contributed by atoms with van der Waals surface area (Å²) in [6.07, 6.45) is 4.12. The zero-order valence-electron chi connectivity index (χ0n) is 16.2. The van der Waals surface area contributed by atoms with Gasteiger partial charge < -0.3 is 4.90 Å². The van der Waals surface area contributed by atoms with Crippen LogP contribution in [0.4, 0.5) is 0 Å². The van der Waals surface area contributed by atoms with Crippen molar-refractivity contribution in [1.29, 1.82) is 0 Å². The van der Waals surface area contributed by atoms with Gasteiger partial charge in [-0.05, 0) is 43.9 Å². The molecule has 1 atom stereocenters. The fourth-order valence-electron chi connectivity index (χ4n) is 4.01. The molecule has 3 heterocycles. The van der Waals surface area contributed by atoms with Crippen LogP contribution in [0.15, 0.2) is 42.6 Å². The van der Waals surface area contributed by atoms with E-state index >= 15 is 0 Å². The van der Waals surface area contributed by atoms with Crippen LogP contribution in [0.25, 0.3) is 11.1 Å². The Morgan fingerprint density at radius 1 is 1.11 bits per heavy atom. The van der Waals surface area contributed by atoms with E-state index in [0.717, 1.165) is 28.5 Å². The largest absolute Gasteiger partial charge is 0.327 e. The van der Waals surface area contributed by atoms with Crippen LogP contribution in [0.3, 0.4) is 0 Å². The van der Waals surface area contributed by atoms with Crippen LogP contribution >= 0.6 is 0 Å². The van der Waals surface area contributed by atoms with Gasteiger partial charge >= 0.3 is 0 Å². The number of hydrogen-bond acceptors (Lipinski definition) is 4. The Kier molecular flexibility index (Phi) is 4.00. The van der Waals surface area contributed by atoms with E-state index in [-0.39, 0.29) is 11.9 Å². The van der Waals surface area contributed by atoms with Crippen molar-refractivity contribution in [2.75, 3.05) is 6.54 Å². The van der Waals surface area contributed by atoms with Gasteiger partial charge in [-0.15, -0.1) is 0 Å². The number of fused-ring (bicyclic) bond motifs is 1. The van der Waals surface area contributed by atoms with Gasteiger partial charge in [0, 0.05) is 18.7 Å². The van der Waals surface area contributed by atoms with Gasteiger partial charge in [-0.3, -0.25) is 9.78 Å². The van der Waals surface area contributed by atoms with Gasteiger partial charge in [0.15, 0.2) is 5.82 Å². The third-order valence-electron chi connectivity index (χ3n) is 5.75. The lowest BCUT2D eigenvalue weighted by molar-refractivity contribution is 0.0630. The highest BCUT2D eigenvalue weighted by Gasteiger charge is 2.35. The Balaban J connectivity index is 1.52. The van der Waals surface area contributed by atoms with Crippen molar-refractivity contribution in [2.24, 2.45) is 0 Å². The number of aromatic nitrogens is 4. The molecule has 1 aliphatic heterocycles. The Labute approximate surface area is 164 Å². The smallest absolute Gasteiger partial charge is 0.257 e. The molecule has 0 unspecified atom stereocenters. The van der Waals surface area contributed by atoms with E-state index in [2.05, 4.69) is 10.1 Å². The maximum Gasteiger partial charge on any atom is 0.257 e. The van der Waals surface area contributed by atoms with Crippen LogP contribution < -0.4 is 0 Å². The van der Waals surface area contributed by atoms with Gasteiger partial charge in [-0.25, -0.2) is 9.67 Å². The molecule has 0 N–H and O–H groups in total. The monoisotopic (exact) mass is 373 g/mol. The summed E-state index contributed by atoms with van der Waals surface area (Å²) in [5.41, 5.74) is 3.39. The number of aryl methyl sites for hydroxylation is 1. The summed E-state index contributed by atoms with van der Waals surface area (Å²) in [5, 5.41) is 4.67. The Hall–Kier alpha value is -3.02. The molecule has 2 aromatic heterocycles. The molecule has 3 aromatic rings. The van der Waals surface area contributed by atoms with Gasteiger partial charge in [0.25, 0.3) is 5.91 Å². The Morgan fingerprint density at radius 3 is 2.64 bits per heavy atom. The minimum absolute atomic E-state index is 0.0131. The molecule has 1 aliphatic carbocycles. The first-order chi connectivity index (χ1) is 13.6. The molecule has 0 spiro atoms. The highest BCUT2D eigenvalue weighted by Crippen LogP contribution is 2.39. The predicted molar refractivity (Wildman–Crippen MR) is 106 cm³/mol. The number of nitrogens with zero attached hydrogens (tertiary/aromatic N) is 5. The molecular weight excluding hydrogens is 350 g/mol. The molecule has 6 nitrogen and oxygen atoms in total. The molecule has 1 fully saturated rings. The lowest BCUT2D eigenvalue weighted by atomic mass is 9.97. The number of amides is 1. The van der Waals surface area contributed by atoms with Crippen LogP contribution in [-0.4, -0.2) is 37.1 Å². The van der Waals surface area contributed by atoms with Crippen LogP contribution in [0.2, 0.25) is 0 Å². The van der Waals surface area contributed by atoms with Crippen molar-refractivity contribution in [3.05, 3.63) is 65.5 Å². The summed E-state index contributed by atoms with van der Waals surface area (Å²) < 4.78 is 1.98. The summed E-state index contributed by atoms with van der Waals surface area (Å²) in [6.45, 7) is 5.26. The molecule has 28 heavy (non-hydrogen) atoms. The molecule has 0 saturated heterocycles. The summed E-state index contributed by atoms with van der Waals surface area (Å²) in [6, 6.07) is 11.8. The number of benzene rings is 1. The Bertz CT molecular complexity index is 1040. The second-order valence-corrected chi connectivity index (χ2v) is 7.69. The first-order valence-corrected chi connectivity index (χ1v) is 9.90. The third kappa shape index (κ3) is 2.80. The predicted octanol–water partition coefficient (Wildman–Crippen LogP) is 3.74. The molecule has 2 aliphatic rings. The molecule has 0 bridgehead atoms. The lowest BCUT2D eigenvalue weighted by Crippen LogP contribution is -2.42. The first kappa shape index (κ1) is 17.1. The fraction of sp³-hybridized carbons (Fsp3) is 0.364. The van der Waals surface area contributed by atoms with Crippen molar-refractivity contribution in [3.63, 3.8) is 0 Å². The molecule has 6 heteroatoms. The van der Waals surface area contributed by atoms with E-state index in [1.807, 2.05) is 59.8 Å². The molecular formula is C22H23N5O. The maximum atomic E-state index is 13.6. The summed E-state index contributed by atoms with van der Waals surface area (Å²) in [7, 11) is 0. The second-order valence-electron chi connectivity index (χ2n) is 7.69. The zero-order chi connectivity index (χ0) is 19.3. The molecule has 1 amide bonds. The highest BCUT2D eigenvalue weighted by molar-refractivity contribution is 6.02. The summed E-state index contributed by atoms with van der Waals surface area (Å²) in [5.74, 6) is 2.36. The number of carbonyl (C=O) groups is 1. The van der Waals surface area contributed by atoms with Crippen molar-refractivity contribution < 1.29 is 4.79 Å². The van der Waals surface area contributed by atoms with Crippen molar-refractivity contribution >= 4 is 5.91 Å². The average Bonchev–Trinajstić information content (AvgIpc) is 3.47. The fourth-order valence-corrected chi connectivity index (χ4v) is 4.01. The quantitative estimate of drug-likeness (QED) is 0.701. The third-order valence-corrected chi connectivity index (χ3v) is 5.75. The van der Waals surface area contributed by atoms with Gasteiger partial charge in [-0.1, -0.05) is 30.3 Å². The van der Waals surface area contributed by atoms with E-state index < -0.39 is 0 Å². The highest BCUT2D eigenvalue weighted by atomic mass is 16.2. The average molecular weight is 373 g/mol. The van der Waals surface area contributed by atoms with Gasteiger partial charge in [0.05, 0.1) is 23.8 Å². The normalized spacial score (nSPS) is 18.8. The van der Waals surface area contributed by atoms with Crippen molar-refractivity contribution in [1.82, 2.24) is 24.6 Å². The van der Waals surface area contributed by atoms with E-state index in [1.165, 1.54) is 12.8 Å². The number of hydrogen-bond donors (Lipinski definition) is 0. The van der Waals surface area contributed by atoms with Gasteiger partial charge in [0.1, 0.15) is 5.82 Å².